The van der Waals surface area contributed by atoms with E-state index in [9.17, 15) is 9.90 Å². The van der Waals surface area contributed by atoms with Crippen molar-refractivity contribution in [3.63, 3.8) is 0 Å². The summed E-state index contributed by atoms with van der Waals surface area (Å²) in [4.78, 5) is 12.5. The zero-order valence-electron chi connectivity index (χ0n) is 14.2. The maximum atomic E-state index is 12.5. The minimum Gasteiger partial charge on any atom is -0.480 e. The summed E-state index contributed by atoms with van der Waals surface area (Å²) in [6.45, 7) is 10.4. The van der Waals surface area contributed by atoms with Crippen molar-refractivity contribution < 1.29 is 14.6 Å². The average Bonchev–Trinajstić information content (AvgIpc) is 2.80. The number of carbonyl (C=O) groups excluding carboxylic acids is 1. The summed E-state index contributed by atoms with van der Waals surface area (Å²) in [6, 6.07) is 4.04. The van der Waals surface area contributed by atoms with E-state index in [1.165, 1.54) is 11.1 Å². The van der Waals surface area contributed by atoms with Gasteiger partial charge >= 0.3 is 0 Å². The molecular formula is C18H27NO3. The van der Waals surface area contributed by atoms with Gasteiger partial charge in [0, 0.05) is 19.1 Å². The number of ether oxygens (including phenoxy) is 1. The highest BCUT2D eigenvalue weighted by atomic mass is 16.5. The van der Waals surface area contributed by atoms with Crippen LogP contribution in [-0.2, 0) is 11.2 Å². The van der Waals surface area contributed by atoms with E-state index in [-0.39, 0.29) is 24.0 Å². The normalized spacial score (nSPS) is 18.5. The fourth-order valence-corrected chi connectivity index (χ4v) is 2.78. The average molecular weight is 305 g/mol. The minimum atomic E-state index is -0.472. The van der Waals surface area contributed by atoms with Crippen molar-refractivity contribution in [2.75, 3.05) is 6.61 Å². The third-order valence-corrected chi connectivity index (χ3v) is 4.42. The molecule has 0 fully saturated rings. The smallest absolute Gasteiger partial charge is 0.261 e. The largest absolute Gasteiger partial charge is 0.480 e. The van der Waals surface area contributed by atoms with Crippen molar-refractivity contribution in [2.45, 2.75) is 59.6 Å². The van der Waals surface area contributed by atoms with E-state index in [4.69, 9.17) is 4.74 Å². The molecule has 1 aliphatic rings. The summed E-state index contributed by atoms with van der Waals surface area (Å²) < 4.78 is 5.82. The second kappa shape index (κ2) is 6.29. The van der Waals surface area contributed by atoms with Gasteiger partial charge in [0.1, 0.15) is 5.75 Å². The van der Waals surface area contributed by atoms with E-state index < -0.39 is 6.10 Å². The van der Waals surface area contributed by atoms with Gasteiger partial charge in [0.05, 0.1) is 0 Å². The first-order chi connectivity index (χ1) is 10.2. The van der Waals surface area contributed by atoms with Gasteiger partial charge in [-0.2, -0.15) is 0 Å². The van der Waals surface area contributed by atoms with Crippen LogP contribution in [0, 0.1) is 19.3 Å². The van der Waals surface area contributed by atoms with Gasteiger partial charge < -0.3 is 15.2 Å². The highest BCUT2D eigenvalue weighted by molar-refractivity contribution is 5.83. The molecular weight excluding hydrogens is 278 g/mol. The van der Waals surface area contributed by atoms with Gasteiger partial charge in [0.15, 0.2) is 6.10 Å². The molecule has 4 nitrogen and oxygen atoms in total. The van der Waals surface area contributed by atoms with Crippen LogP contribution in [0.25, 0.3) is 0 Å². The summed E-state index contributed by atoms with van der Waals surface area (Å²) in [6.07, 6.45) is 0.686. The summed E-state index contributed by atoms with van der Waals surface area (Å²) in [7, 11) is 0. The summed E-state index contributed by atoms with van der Waals surface area (Å²) >= 11 is 0. The van der Waals surface area contributed by atoms with Gasteiger partial charge in [-0.1, -0.05) is 26.8 Å². The Labute approximate surface area is 132 Å². The SMILES string of the molecule is Cc1cc2c(cc1C)O[C@@H](C(=O)N[C@H](CCO)C(C)(C)C)C2. The Hall–Kier alpha value is -1.55. The number of rotatable bonds is 4. The van der Waals surface area contributed by atoms with Crippen molar-refractivity contribution in [1.82, 2.24) is 5.32 Å². The lowest BCUT2D eigenvalue weighted by atomic mass is 9.84. The molecule has 1 aromatic rings. The van der Waals surface area contributed by atoms with Gasteiger partial charge in [-0.05, 0) is 48.4 Å². The molecule has 0 bridgehead atoms. The first-order valence-corrected chi connectivity index (χ1v) is 7.90. The molecule has 0 spiro atoms. The van der Waals surface area contributed by atoms with Crippen molar-refractivity contribution in [2.24, 2.45) is 5.41 Å². The summed E-state index contributed by atoms with van der Waals surface area (Å²) in [5, 5.41) is 12.2. The van der Waals surface area contributed by atoms with Crippen molar-refractivity contribution >= 4 is 5.91 Å². The first-order valence-electron chi connectivity index (χ1n) is 7.90. The molecule has 0 aromatic heterocycles. The zero-order chi connectivity index (χ0) is 16.5. The Morgan fingerprint density at radius 1 is 1.36 bits per heavy atom. The third kappa shape index (κ3) is 3.61. The Kier molecular flexibility index (Phi) is 4.81. The van der Waals surface area contributed by atoms with Crippen LogP contribution < -0.4 is 10.1 Å². The zero-order valence-corrected chi connectivity index (χ0v) is 14.2. The standard InChI is InChI=1S/C18H27NO3/c1-11-8-13-10-15(22-14(13)9-12(11)2)17(21)19-16(6-7-20)18(3,4)5/h8-9,15-16,20H,6-7,10H2,1-5H3,(H,19,21)/t15-,16-/m1/s1. The van der Waals surface area contributed by atoms with Crippen LogP contribution in [0.3, 0.4) is 0 Å². The Morgan fingerprint density at radius 2 is 2.00 bits per heavy atom. The summed E-state index contributed by atoms with van der Waals surface area (Å²) in [5.74, 6) is 0.720. The molecule has 0 unspecified atom stereocenters. The number of aliphatic hydroxyl groups excluding tert-OH is 1. The van der Waals surface area contributed by atoms with Crippen LogP contribution in [0.4, 0.5) is 0 Å². The van der Waals surface area contributed by atoms with Crippen molar-refractivity contribution in [1.29, 1.82) is 0 Å². The van der Waals surface area contributed by atoms with Gasteiger partial charge in [-0.25, -0.2) is 0 Å². The quantitative estimate of drug-likeness (QED) is 0.898. The predicted molar refractivity (Wildman–Crippen MR) is 87.1 cm³/mol. The molecule has 0 saturated heterocycles. The van der Waals surface area contributed by atoms with Crippen LogP contribution in [-0.4, -0.2) is 29.8 Å². The molecule has 0 saturated carbocycles. The maximum Gasteiger partial charge on any atom is 0.261 e. The number of amides is 1. The molecule has 2 rings (SSSR count). The first kappa shape index (κ1) is 16.8. The highest BCUT2D eigenvalue weighted by Crippen LogP contribution is 2.32. The lowest BCUT2D eigenvalue weighted by Crippen LogP contribution is -2.49. The molecule has 22 heavy (non-hydrogen) atoms. The number of nitrogens with one attached hydrogen (secondary N) is 1. The number of aryl methyl sites for hydroxylation is 2. The summed E-state index contributed by atoms with van der Waals surface area (Å²) in [5.41, 5.74) is 3.39. The van der Waals surface area contributed by atoms with E-state index in [1.54, 1.807) is 0 Å². The van der Waals surface area contributed by atoms with E-state index in [0.29, 0.717) is 12.8 Å². The second-order valence-corrected chi connectivity index (χ2v) is 7.29. The predicted octanol–water partition coefficient (Wildman–Crippen LogP) is 2.52. The van der Waals surface area contributed by atoms with Crippen LogP contribution in [0.5, 0.6) is 5.75 Å². The van der Waals surface area contributed by atoms with Crippen molar-refractivity contribution in [3.8, 4) is 5.75 Å². The molecule has 1 aliphatic heterocycles. The molecule has 2 N–H and O–H groups in total. The third-order valence-electron chi connectivity index (χ3n) is 4.42. The molecule has 2 atom stereocenters. The number of carbonyl (C=O) groups is 1. The highest BCUT2D eigenvalue weighted by Gasteiger charge is 2.33. The number of hydrogen-bond donors (Lipinski definition) is 2. The lowest BCUT2D eigenvalue weighted by Gasteiger charge is -2.31. The van der Waals surface area contributed by atoms with E-state index in [1.807, 2.05) is 13.0 Å². The van der Waals surface area contributed by atoms with Gasteiger partial charge in [-0.3, -0.25) is 4.79 Å². The number of fused-ring (bicyclic) bond motifs is 1. The topological polar surface area (TPSA) is 58.6 Å². The van der Waals surface area contributed by atoms with Gasteiger partial charge in [0.25, 0.3) is 5.91 Å². The van der Waals surface area contributed by atoms with E-state index in [2.05, 4.69) is 39.1 Å². The number of benzene rings is 1. The Balaban J connectivity index is 2.06. The van der Waals surface area contributed by atoms with E-state index in [0.717, 1.165) is 11.3 Å². The van der Waals surface area contributed by atoms with Crippen LogP contribution in [0.2, 0.25) is 0 Å². The Morgan fingerprint density at radius 3 is 2.59 bits per heavy atom. The molecule has 1 amide bonds. The fourth-order valence-electron chi connectivity index (χ4n) is 2.78. The monoisotopic (exact) mass is 305 g/mol. The second-order valence-electron chi connectivity index (χ2n) is 7.29. The maximum absolute atomic E-state index is 12.5. The van der Waals surface area contributed by atoms with Crippen LogP contribution in [0.1, 0.15) is 43.9 Å². The van der Waals surface area contributed by atoms with E-state index >= 15 is 0 Å². The number of aliphatic hydroxyl groups is 1. The molecule has 1 aromatic carbocycles. The fraction of sp³-hybridized carbons (Fsp3) is 0.611. The molecule has 0 aliphatic carbocycles. The van der Waals surface area contributed by atoms with Gasteiger partial charge in [-0.15, -0.1) is 0 Å². The van der Waals surface area contributed by atoms with Crippen LogP contribution in [0.15, 0.2) is 12.1 Å². The number of hydrogen-bond acceptors (Lipinski definition) is 3. The van der Waals surface area contributed by atoms with Crippen LogP contribution >= 0.6 is 0 Å². The van der Waals surface area contributed by atoms with Crippen molar-refractivity contribution in [3.05, 3.63) is 28.8 Å². The lowest BCUT2D eigenvalue weighted by molar-refractivity contribution is -0.128. The molecule has 1 heterocycles. The molecule has 0 radical (unpaired) electrons. The Bertz CT molecular complexity index is 529. The molecule has 4 heteroatoms. The molecule has 122 valence electrons. The minimum absolute atomic E-state index is 0.0619. The van der Waals surface area contributed by atoms with Gasteiger partial charge in [0.2, 0.25) is 0 Å².